The van der Waals surface area contributed by atoms with Gasteiger partial charge in [0.05, 0.1) is 17.8 Å². The van der Waals surface area contributed by atoms with Gasteiger partial charge in [0.15, 0.2) is 0 Å². The van der Waals surface area contributed by atoms with Crippen LogP contribution >= 0.6 is 0 Å². The van der Waals surface area contributed by atoms with Gasteiger partial charge in [-0.2, -0.15) is 5.10 Å². The van der Waals surface area contributed by atoms with E-state index in [1.165, 1.54) is 12.1 Å². The molecule has 0 unspecified atom stereocenters. The summed E-state index contributed by atoms with van der Waals surface area (Å²) in [6, 6.07) is 5.78. The molecule has 0 bridgehead atoms. The van der Waals surface area contributed by atoms with Crippen molar-refractivity contribution in [1.29, 1.82) is 0 Å². The van der Waals surface area contributed by atoms with Crippen LogP contribution in [0.4, 0.5) is 10.1 Å². The van der Waals surface area contributed by atoms with Gasteiger partial charge in [-0.1, -0.05) is 0 Å². The predicted molar refractivity (Wildman–Crippen MR) is 117 cm³/mol. The molecule has 0 atom stereocenters. The van der Waals surface area contributed by atoms with Gasteiger partial charge < -0.3 is 9.88 Å². The zero-order chi connectivity index (χ0) is 21.8. The Bertz CT molecular complexity index is 1020. The molecular weight excluding hydrogens is 395 g/mol. The normalized spacial score (nSPS) is 15.3. The van der Waals surface area contributed by atoms with Crippen LogP contribution in [0.1, 0.15) is 41.6 Å². The summed E-state index contributed by atoms with van der Waals surface area (Å²) in [5.41, 5.74) is 1.97. The minimum atomic E-state index is -0.329. The van der Waals surface area contributed by atoms with E-state index in [4.69, 9.17) is 0 Å². The number of aromatic nitrogens is 4. The van der Waals surface area contributed by atoms with Crippen molar-refractivity contribution in [3.05, 3.63) is 65.8 Å². The molecule has 1 amide bonds. The van der Waals surface area contributed by atoms with Gasteiger partial charge in [-0.3, -0.25) is 14.4 Å². The lowest BCUT2D eigenvalue weighted by Crippen LogP contribution is -2.34. The smallest absolute Gasteiger partial charge is 0.259 e. The number of imidazole rings is 1. The maximum Gasteiger partial charge on any atom is 0.259 e. The molecular formula is C23H29FN6O. The van der Waals surface area contributed by atoms with Gasteiger partial charge in [-0.25, -0.2) is 9.37 Å². The number of nitrogens with zero attached hydrogens (tertiary/aromatic N) is 5. The number of amides is 1. The van der Waals surface area contributed by atoms with Crippen molar-refractivity contribution in [3.8, 4) is 0 Å². The zero-order valence-electron chi connectivity index (χ0n) is 18.1. The molecule has 3 aromatic rings. The van der Waals surface area contributed by atoms with E-state index >= 15 is 0 Å². The Morgan fingerprint density at radius 1 is 1.23 bits per heavy atom. The Labute approximate surface area is 181 Å². The number of piperidine rings is 1. The second-order valence-corrected chi connectivity index (χ2v) is 8.18. The molecule has 0 aliphatic carbocycles. The molecule has 3 heterocycles. The molecule has 7 nitrogen and oxygen atoms in total. The van der Waals surface area contributed by atoms with Gasteiger partial charge in [-0.05, 0) is 69.5 Å². The lowest BCUT2D eigenvalue weighted by Gasteiger charge is -2.31. The van der Waals surface area contributed by atoms with Crippen molar-refractivity contribution in [2.45, 2.75) is 39.3 Å². The number of aryl methyl sites for hydroxylation is 2. The molecule has 1 aliphatic heterocycles. The third-order valence-corrected chi connectivity index (χ3v) is 5.95. The molecule has 1 aliphatic rings. The van der Waals surface area contributed by atoms with Crippen molar-refractivity contribution < 1.29 is 9.18 Å². The van der Waals surface area contributed by atoms with Crippen LogP contribution in [0, 0.1) is 11.7 Å². The van der Waals surface area contributed by atoms with Crippen LogP contribution in [-0.4, -0.2) is 43.2 Å². The highest BCUT2D eigenvalue weighted by Gasteiger charge is 2.24. The second kappa shape index (κ2) is 9.43. The van der Waals surface area contributed by atoms with Gasteiger partial charge in [-0.15, -0.1) is 0 Å². The van der Waals surface area contributed by atoms with E-state index in [0.29, 0.717) is 17.2 Å². The molecule has 0 spiro atoms. The number of carbonyl (C=O) groups is 1. The van der Waals surface area contributed by atoms with E-state index in [9.17, 15) is 9.18 Å². The van der Waals surface area contributed by atoms with E-state index in [0.717, 1.165) is 57.0 Å². The Hall–Kier alpha value is -3.00. The number of rotatable bonds is 7. The average Bonchev–Trinajstić information content (AvgIpc) is 3.37. The van der Waals surface area contributed by atoms with Gasteiger partial charge in [0.1, 0.15) is 11.6 Å². The number of likely N-dealkylation sites (tertiary alicyclic amines) is 1. The van der Waals surface area contributed by atoms with E-state index in [1.807, 2.05) is 19.4 Å². The fourth-order valence-corrected chi connectivity index (χ4v) is 4.21. The number of benzene rings is 1. The van der Waals surface area contributed by atoms with Crippen molar-refractivity contribution >= 4 is 11.6 Å². The van der Waals surface area contributed by atoms with E-state index in [-0.39, 0.29) is 11.7 Å². The zero-order valence-corrected chi connectivity index (χ0v) is 18.1. The van der Waals surface area contributed by atoms with Crippen molar-refractivity contribution in [2.75, 3.05) is 18.4 Å². The molecule has 164 valence electrons. The van der Waals surface area contributed by atoms with Crippen LogP contribution in [0.25, 0.3) is 0 Å². The average molecular weight is 425 g/mol. The maximum atomic E-state index is 13.1. The van der Waals surface area contributed by atoms with Crippen LogP contribution in [-0.2, 0) is 26.6 Å². The first-order valence-electron chi connectivity index (χ1n) is 10.8. The Morgan fingerprint density at radius 2 is 1.97 bits per heavy atom. The summed E-state index contributed by atoms with van der Waals surface area (Å²) in [4.78, 5) is 19.7. The Kier molecular flexibility index (Phi) is 6.46. The maximum absolute atomic E-state index is 13.1. The Balaban J connectivity index is 1.35. The molecule has 0 radical (unpaired) electrons. The number of carbonyl (C=O) groups excluding carboxylic acids is 1. The molecule has 1 aromatic carbocycles. The summed E-state index contributed by atoms with van der Waals surface area (Å²) in [6.45, 7) is 5.99. The second-order valence-electron chi connectivity index (χ2n) is 8.18. The molecule has 1 N–H and O–H groups in total. The molecule has 8 heteroatoms. The number of anilines is 1. The van der Waals surface area contributed by atoms with Crippen molar-refractivity contribution in [3.63, 3.8) is 0 Å². The highest BCUT2D eigenvalue weighted by molar-refractivity contribution is 6.04. The van der Waals surface area contributed by atoms with Crippen LogP contribution in [0.5, 0.6) is 0 Å². The van der Waals surface area contributed by atoms with Crippen LogP contribution in [0.15, 0.2) is 42.9 Å². The standard InChI is InChI=1S/C23H29FN6O/c1-3-30-13-10-25-22(30)16-29-11-8-17(9-12-29)14-21-20(15-28(2)27-21)23(31)26-19-6-4-18(24)5-7-19/h4-7,10,13,15,17H,3,8-9,11-12,14,16H2,1-2H3,(H,26,31). The summed E-state index contributed by atoms with van der Waals surface area (Å²) >= 11 is 0. The molecule has 1 saturated heterocycles. The lowest BCUT2D eigenvalue weighted by atomic mass is 9.91. The summed E-state index contributed by atoms with van der Waals surface area (Å²) in [7, 11) is 1.83. The van der Waals surface area contributed by atoms with Gasteiger partial charge in [0, 0.05) is 37.9 Å². The van der Waals surface area contributed by atoms with E-state index < -0.39 is 0 Å². The van der Waals surface area contributed by atoms with Crippen molar-refractivity contribution in [2.24, 2.45) is 13.0 Å². The molecule has 0 saturated carbocycles. The van der Waals surface area contributed by atoms with Crippen LogP contribution in [0.3, 0.4) is 0 Å². The number of halogens is 1. The fourth-order valence-electron chi connectivity index (χ4n) is 4.21. The molecule has 2 aromatic heterocycles. The van der Waals surface area contributed by atoms with Crippen LogP contribution in [0.2, 0.25) is 0 Å². The highest BCUT2D eigenvalue weighted by Crippen LogP contribution is 2.24. The summed E-state index contributed by atoms with van der Waals surface area (Å²) in [5.74, 6) is 1.07. The number of nitrogens with one attached hydrogen (secondary N) is 1. The molecule has 4 rings (SSSR count). The largest absolute Gasteiger partial charge is 0.334 e. The quantitative estimate of drug-likeness (QED) is 0.631. The first-order chi connectivity index (χ1) is 15.0. The van der Waals surface area contributed by atoms with Gasteiger partial charge >= 0.3 is 0 Å². The van der Waals surface area contributed by atoms with Crippen molar-refractivity contribution in [1.82, 2.24) is 24.2 Å². The topological polar surface area (TPSA) is 68.0 Å². The predicted octanol–water partition coefficient (Wildman–Crippen LogP) is 3.48. The minimum absolute atomic E-state index is 0.210. The number of hydrogen-bond donors (Lipinski definition) is 1. The third kappa shape index (κ3) is 5.19. The van der Waals surface area contributed by atoms with Gasteiger partial charge in [0.25, 0.3) is 5.91 Å². The molecule has 1 fully saturated rings. The summed E-state index contributed by atoms with van der Waals surface area (Å²) in [6.07, 6.45) is 8.58. The Morgan fingerprint density at radius 3 is 2.68 bits per heavy atom. The highest BCUT2D eigenvalue weighted by atomic mass is 19.1. The fraction of sp³-hybridized carbons (Fsp3) is 0.435. The van der Waals surface area contributed by atoms with E-state index in [1.54, 1.807) is 23.0 Å². The van der Waals surface area contributed by atoms with Crippen LogP contribution < -0.4 is 5.32 Å². The summed E-state index contributed by atoms with van der Waals surface area (Å²) < 4.78 is 17.0. The summed E-state index contributed by atoms with van der Waals surface area (Å²) in [5, 5.41) is 7.40. The molecule has 31 heavy (non-hydrogen) atoms. The first kappa shape index (κ1) is 21.2. The lowest BCUT2D eigenvalue weighted by molar-refractivity contribution is 0.102. The van der Waals surface area contributed by atoms with E-state index in [2.05, 4.69) is 31.8 Å². The first-order valence-corrected chi connectivity index (χ1v) is 10.8. The minimum Gasteiger partial charge on any atom is -0.334 e. The number of hydrogen-bond acceptors (Lipinski definition) is 4. The SMILES string of the molecule is CCn1ccnc1CN1CCC(Cc2nn(C)cc2C(=O)Nc2ccc(F)cc2)CC1. The third-order valence-electron chi connectivity index (χ3n) is 5.95. The van der Waals surface area contributed by atoms with Gasteiger partial charge in [0.2, 0.25) is 0 Å². The monoisotopic (exact) mass is 424 g/mol.